The molecule has 30 heavy (non-hydrogen) atoms. The van der Waals surface area contributed by atoms with E-state index in [0.717, 1.165) is 28.6 Å². The van der Waals surface area contributed by atoms with E-state index in [1.165, 1.54) is 0 Å². The van der Waals surface area contributed by atoms with Gasteiger partial charge < -0.3 is 19.3 Å². The van der Waals surface area contributed by atoms with E-state index in [4.69, 9.17) is 4.74 Å². The van der Waals surface area contributed by atoms with Crippen molar-refractivity contribution in [2.45, 2.75) is 32.4 Å². The van der Waals surface area contributed by atoms with E-state index < -0.39 is 11.9 Å². The van der Waals surface area contributed by atoms with Crippen molar-refractivity contribution in [3.05, 3.63) is 66.4 Å². The molecule has 2 aromatic carbocycles. The third-order valence-electron chi connectivity index (χ3n) is 5.68. The number of hydrogen-bond donors (Lipinski definition) is 1. The number of amides is 1. The summed E-state index contributed by atoms with van der Waals surface area (Å²) in [7, 11) is 0. The molecule has 1 atom stereocenters. The molecule has 1 aliphatic heterocycles. The predicted octanol–water partition coefficient (Wildman–Crippen LogP) is 3.93. The topological polar surface area (TPSA) is 71.8 Å². The maximum atomic E-state index is 12.6. The lowest BCUT2D eigenvalue weighted by Gasteiger charge is -2.30. The molecule has 1 fully saturated rings. The van der Waals surface area contributed by atoms with Crippen LogP contribution in [0, 0.1) is 5.92 Å². The third-order valence-corrected chi connectivity index (χ3v) is 5.68. The number of ether oxygens (including phenoxy) is 1. The zero-order valence-corrected chi connectivity index (χ0v) is 16.9. The Bertz CT molecular complexity index is 1030. The molecule has 1 aliphatic rings. The van der Waals surface area contributed by atoms with Crippen LogP contribution < -0.4 is 4.74 Å². The van der Waals surface area contributed by atoms with Gasteiger partial charge in [0.15, 0.2) is 0 Å². The van der Waals surface area contributed by atoms with Gasteiger partial charge in [-0.05, 0) is 42.7 Å². The number of fused-ring (bicyclic) bond motifs is 1. The predicted molar refractivity (Wildman–Crippen MR) is 114 cm³/mol. The minimum absolute atomic E-state index is 0.0191. The Hall–Kier alpha value is -3.28. The fourth-order valence-corrected chi connectivity index (χ4v) is 3.98. The van der Waals surface area contributed by atoms with E-state index in [9.17, 15) is 14.7 Å². The number of aromatic nitrogens is 1. The standard InChI is InChI=1S/C24H26N2O4/c27-23(26-12-4-7-20(16-26)24(28)29)11-14-25-13-10-19-15-21(8-9-22(19)25)30-17-18-5-2-1-3-6-18/h1-3,5-6,8-10,13,15,20H,4,7,11-12,14,16-17H2,(H,28,29). The molecular formula is C24H26N2O4. The summed E-state index contributed by atoms with van der Waals surface area (Å²) >= 11 is 0. The molecule has 0 spiro atoms. The van der Waals surface area contributed by atoms with Crippen LogP contribution in [0.1, 0.15) is 24.8 Å². The molecule has 6 nitrogen and oxygen atoms in total. The number of piperidine rings is 1. The second kappa shape index (κ2) is 9.03. The number of likely N-dealkylation sites (tertiary alicyclic amines) is 1. The molecule has 4 rings (SSSR count). The first-order valence-electron chi connectivity index (χ1n) is 10.4. The van der Waals surface area contributed by atoms with Gasteiger partial charge in [0.05, 0.1) is 5.92 Å². The van der Waals surface area contributed by atoms with Gasteiger partial charge in [-0.25, -0.2) is 0 Å². The molecule has 0 saturated carbocycles. The van der Waals surface area contributed by atoms with Crippen molar-refractivity contribution < 1.29 is 19.4 Å². The van der Waals surface area contributed by atoms with E-state index in [1.807, 2.05) is 60.8 Å². The summed E-state index contributed by atoms with van der Waals surface area (Å²) in [6.45, 7) is 2.06. The number of carboxylic acid groups (broad SMARTS) is 1. The summed E-state index contributed by atoms with van der Waals surface area (Å²) in [6.07, 6.45) is 3.74. The summed E-state index contributed by atoms with van der Waals surface area (Å²) < 4.78 is 7.96. The van der Waals surface area contributed by atoms with Gasteiger partial charge in [-0.1, -0.05) is 30.3 Å². The van der Waals surface area contributed by atoms with Gasteiger partial charge in [0.1, 0.15) is 12.4 Å². The van der Waals surface area contributed by atoms with Crippen LogP contribution >= 0.6 is 0 Å². The third kappa shape index (κ3) is 4.64. The Labute approximate surface area is 175 Å². The minimum atomic E-state index is -0.811. The molecule has 1 amide bonds. The van der Waals surface area contributed by atoms with Crippen LogP contribution in [0.15, 0.2) is 60.8 Å². The number of carbonyl (C=O) groups excluding carboxylic acids is 1. The monoisotopic (exact) mass is 406 g/mol. The Morgan fingerprint density at radius 2 is 1.93 bits per heavy atom. The van der Waals surface area contributed by atoms with E-state index >= 15 is 0 Å². The maximum Gasteiger partial charge on any atom is 0.308 e. The van der Waals surface area contributed by atoms with Crippen molar-refractivity contribution in [1.82, 2.24) is 9.47 Å². The van der Waals surface area contributed by atoms with Gasteiger partial charge in [0.2, 0.25) is 5.91 Å². The Balaban J connectivity index is 1.35. The second-order valence-corrected chi connectivity index (χ2v) is 7.77. The summed E-state index contributed by atoms with van der Waals surface area (Å²) in [4.78, 5) is 25.5. The fourth-order valence-electron chi connectivity index (χ4n) is 3.98. The number of carboxylic acids is 1. The highest BCUT2D eigenvalue weighted by Gasteiger charge is 2.27. The highest BCUT2D eigenvalue weighted by Crippen LogP contribution is 2.24. The average molecular weight is 406 g/mol. The molecule has 6 heteroatoms. The Morgan fingerprint density at radius 1 is 1.10 bits per heavy atom. The maximum absolute atomic E-state index is 12.6. The zero-order valence-electron chi connectivity index (χ0n) is 16.9. The number of hydrogen-bond acceptors (Lipinski definition) is 3. The van der Waals surface area contributed by atoms with Gasteiger partial charge in [-0.3, -0.25) is 9.59 Å². The van der Waals surface area contributed by atoms with Crippen molar-refractivity contribution >= 4 is 22.8 Å². The smallest absolute Gasteiger partial charge is 0.308 e. The van der Waals surface area contributed by atoms with Gasteiger partial charge in [0.25, 0.3) is 0 Å². The average Bonchev–Trinajstić information content (AvgIpc) is 3.19. The SMILES string of the molecule is O=C(O)C1CCCN(C(=O)CCn2ccc3cc(OCc4ccccc4)ccc32)C1. The van der Waals surface area contributed by atoms with Crippen molar-refractivity contribution in [2.24, 2.45) is 5.92 Å². The van der Waals surface area contributed by atoms with Crippen molar-refractivity contribution in [1.29, 1.82) is 0 Å². The van der Waals surface area contributed by atoms with Gasteiger partial charge in [0, 0.05) is 43.2 Å². The quantitative estimate of drug-likeness (QED) is 0.645. The van der Waals surface area contributed by atoms with Crippen molar-refractivity contribution in [3.63, 3.8) is 0 Å². The van der Waals surface area contributed by atoms with E-state index in [1.54, 1.807) is 4.90 Å². The fraction of sp³-hybridized carbons (Fsp3) is 0.333. The Morgan fingerprint density at radius 3 is 2.73 bits per heavy atom. The van der Waals surface area contributed by atoms with Crippen LogP contribution in [0.3, 0.4) is 0 Å². The molecule has 0 bridgehead atoms. The highest BCUT2D eigenvalue weighted by molar-refractivity contribution is 5.82. The lowest BCUT2D eigenvalue weighted by Crippen LogP contribution is -2.42. The van der Waals surface area contributed by atoms with Gasteiger partial charge in [-0.15, -0.1) is 0 Å². The number of rotatable bonds is 7. The van der Waals surface area contributed by atoms with Crippen LogP contribution in [-0.2, 0) is 22.7 Å². The van der Waals surface area contributed by atoms with Crippen LogP contribution in [0.5, 0.6) is 5.75 Å². The second-order valence-electron chi connectivity index (χ2n) is 7.77. The van der Waals surface area contributed by atoms with Crippen LogP contribution in [0.25, 0.3) is 10.9 Å². The summed E-state index contributed by atoms with van der Waals surface area (Å²) in [5.74, 6) is -0.419. The summed E-state index contributed by atoms with van der Waals surface area (Å²) in [5.41, 5.74) is 2.17. The largest absolute Gasteiger partial charge is 0.489 e. The molecule has 1 aromatic heterocycles. The normalized spacial score (nSPS) is 16.5. The molecule has 156 valence electrons. The molecule has 0 radical (unpaired) electrons. The lowest BCUT2D eigenvalue weighted by atomic mass is 9.98. The van der Waals surface area contributed by atoms with E-state index in [-0.39, 0.29) is 5.91 Å². The number of benzene rings is 2. The van der Waals surface area contributed by atoms with E-state index in [0.29, 0.717) is 39.1 Å². The molecule has 1 saturated heterocycles. The summed E-state index contributed by atoms with van der Waals surface area (Å²) in [6, 6.07) is 18.0. The van der Waals surface area contributed by atoms with Crippen LogP contribution in [0.4, 0.5) is 0 Å². The van der Waals surface area contributed by atoms with E-state index in [2.05, 4.69) is 4.57 Å². The number of carbonyl (C=O) groups is 2. The first kappa shape index (κ1) is 20.0. The van der Waals surface area contributed by atoms with Crippen LogP contribution in [-0.4, -0.2) is 39.5 Å². The molecule has 2 heterocycles. The number of aryl methyl sites for hydroxylation is 1. The first-order chi connectivity index (χ1) is 14.6. The first-order valence-corrected chi connectivity index (χ1v) is 10.4. The zero-order chi connectivity index (χ0) is 20.9. The van der Waals surface area contributed by atoms with Gasteiger partial charge >= 0.3 is 5.97 Å². The lowest BCUT2D eigenvalue weighted by molar-refractivity contribution is -0.145. The molecular weight excluding hydrogens is 380 g/mol. The summed E-state index contributed by atoms with van der Waals surface area (Å²) in [5, 5.41) is 10.3. The minimum Gasteiger partial charge on any atom is -0.489 e. The van der Waals surface area contributed by atoms with Crippen molar-refractivity contribution in [3.8, 4) is 5.75 Å². The Kier molecular flexibility index (Phi) is 6.02. The molecule has 1 N–H and O–H groups in total. The number of nitrogens with zero attached hydrogens (tertiary/aromatic N) is 2. The molecule has 0 aliphatic carbocycles. The van der Waals surface area contributed by atoms with Crippen molar-refractivity contribution in [2.75, 3.05) is 13.1 Å². The highest BCUT2D eigenvalue weighted by atomic mass is 16.5. The van der Waals surface area contributed by atoms with Crippen LogP contribution in [0.2, 0.25) is 0 Å². The number of aliphatic carboxylic acids is 1. The molecule has 1 unspecified atom stereocenters. The molecule has 3 aromatic rings. The van der Waals surface area contributed by atoms with Gasteiger partial charge in [-0.2, -0.15) is 0 Å².